The standard InChI is InChI=1S/C24H20F4N6O/c1-34-22-20(21(29)33-34)16(11-19(32-22)13-2-3-13)12-4-6-14(7-5-12)30-23(35)31-15-8-9-18(25)17(10-15)24(26,27)28/h4-11,13H,2-3H2,1H3,(H2,29,33)(H2,30,31,35). The third kappa shape index (κ3) is 4.48. The number of halogens is 4. The number of urea groups is 1. The zero-order valence-electron chi connectivity index (χ0n) is 18.4. The van der Waals surface area contributed by atoms with Crippen LogP contribution in [0.4, 0.5) is 39.5 Å². The van der Waals surface area contributed by atoms with Crippen LogP contribution in [0.15, 0.2) is 48.5 Å². The molecule has 2 aromatic heterocycles. The summed E-state index contributed by atoms with van der Waals surface area (Å²) >= 11 is 0. The Bertz CT molecular complexity index is 1440. The first-order valence-corrected chi connectivity index (χ1v) is 10.8. The largest absolute Gasteiger partial charge is 0.419 e. The van der Waals surface area contributed by atoms with Gasteiger partial charge in [0.1, 0.15) is 5.82 Å². The van der Waals surface area contributed by atoms with Crippen LogP contribution in [0.25, 0.3) is 22.2 Å². The van der Waals surface area contributed by atoms with E-state index in [4.69, 9.17) is 10.7 Å². The number of benzene rings is 2. The molecule has 1 aliphatic rings. The topological polar surface area (TPSA) is 97.9 Å². The first-order valence-electron chi connectivity index (χ1n) is 10.8. The minimum atomic E-state index is -4.87. The van der Waals surface area contributed by atoms with Gasteiger partial charge in [-0.3, -0.25) is 0 Å². The Labute approximate surface area is 197 Å². The summed E-state index contributed by atoms with van der Waals surface area (Å²) in [5.74, 6) is -0.627. The van der Waals surface area contributed by atoms with Crippen LogP contribution >= 0.6 is 0 Å². The lowest BCUT2D eigenvalue weighted by Crippen LogP contribution is -2.20. The Morgan fingerprint density at radius 1 is 1.06 bits per heavy atom. The average molecular weight is 484 g/mol. The molecule has 0 spiro atoms. The number of aromatic nitrogens is 3. The molecule has 1 aliphatic carbocycles. The summed E-state index contributed by atoms with van der Waals surface area (Å²) in [6, 6.07) is 10.4. The van der Waals surface area contributed by atoms with Crippen molar-refractivity contribution in [2.45, 2.75) is 24.9 Å². The van der Waals surface area contributed by atoms with Gasteiger partial charge in [0.2, 0.25) is 0 Å². The van der Waals surface area contributed by atoms with E-state index >= 15 is 0 Å². The molecule has 11 heteroatoms. The third-order valence-corrected chi connectivity index (χ3v) is 5.82. The van der Waals surface area contributed by atoms with E-state index in [-0.39, 0.29) is 5.69 Å². The van der Waals surface area contributed by atoms with Gasteiger partial charge in [0.05, 0.1) is 10.9 Å². The highest BCUT2D eigenvalue weighted by Crippen LogP contribution is 2.42. The molecule has 4 aromatic rings. The van der Waals surface area contributed by atoms with E-state index in [2.05, 4.69) is 15.7 Å². The number of anilines is 3. The molecule has 0 saturated heterocycles. The first kappa shape index (κ1) is 22.6. The molecular weight excluding hydrogens is 464 g/mol. The number of nitrogens with two attached hydrogens (primary N) is 1. The summed E-state index contributed by atoms with van der Waals surface area (Å²) in [6.07, 6.45) is -2.70. The predicted octanol–water partition coefficient (Wildman–Crippen LogP) is 5.90. The van der Waals surface area contributed by atoms with E-state index in [1.165, 1.54) is 0 Å². The van der Waals surface area contributed by atoms with E-state index in [0.29, 0.717) is 35.2 Å². The van der Waals surface area contributed by atoms with Gasteiger partial charge >= 0.3 is 12.2 Å². The number of carbonyl (C=O) groups excluding carboxylic acids is 1. The number of hydrogen-bond donors (Lipinski definition) is 3. The summed E-state index contributed by atoms with van der Waals surface area (Å²) in [7, 11) is 1.79. The summed E-state index contributed by atoms with van der Waals surface area (Å²) in [4.78, 5) is 17.0. The van der Waals surface area contributed by atoms with Gasteiger partial charge in [-0.15, -0.1) is 0 Å². The Balaban J connectivity index is 1.37. The molecule has 2 aromatic carbocycles. The number of rotatable bonds is 4. The van der Waals surface area contributed by atoms with E-state index in [1.807, 2.05) is 6.07 Å². The molecule has 2 heterocycles. The number of fused-ring (bicyclic) bond motifs is 1. The summed E-state index contributed by atoms with van der Waals surface area (Å²) < 4.78 is 53.8. The number of hydrogen-bond acceptors (Lipinski definition) is 4. The number of alkyl halides is 3. The maximum atomic E-state index is 13.5. The maximum Gasteiger partial charge on any atom is 0.419 e. The molecule has 0 unspecified atom stereocenters. The van der Waals surface area contributed by atoms with Crippen LogP contribution in [-0.4, -0.2) is 20.8 Å². The smallest absolute Gasteiger partial charge is 0.382 e. The molecule has 180 valence electrons. The fraction of sp³-hybridized carbons (Fsp3) is 0.208. The molecule has 35 heavy (non-hydrogen) atoms. The molecule has 1 fully saturated rings. The van der Waals surface area contributed by atoms with Gasteiger partial charge in [-0.05, 0) is 60.4 Å². The summed E-state index contributed by atoms with van der Waals surface area (Å²) in [5.41, 5.74) is 8.31. The van der Waals surface area contributed by atoms with Gasteiger partial charge in [0, 0.05) is 30.0 Å². The van der Waals surface area contributed by atoms with Gasteiger partial charge in [-0.2, -0.15) is 18.3 Å². The molecular formula is C24H20F4N6O. The summed E-state index contributed by atoms with van der Waals surface area (Å²) in [6.45, 7) is 0. The second kappa shape index (κ2) is 8.26. The van der Waals surface area contributed by atoms with Crippen LogP contribution in [0.3, 0.4) is 0 Å². The second-order valence-corrected chi connectivity index (χ2v) is 8.43. The van der Waals surface area contributed by atoms with Gasteiger partial charge in [0.25, 0.3) is 0 Å². The number of nitrogens with one attached hydrogen (secondary N) is 2. The number of aryl methyl sites for hydroxylation is 1. The Morgan fingerprint density at radius 3 is 2.37 bits per heavy atom. The molecule has 0 bridgehead atoms. The van der Waals surface area contributed by atoms with Crippen molar-refractivity contribution in [3.8, 4) is 11.1 Å². The number of carbonyl (C=O) groups is 1. The number of nitrogen functional groups attached to an aromatic ring is 1. The van der Waals surface area contributed by atoms with Crippen LogP contribution in [0.2, 0.25) is 0 Å². The van der Waals surface area contributed by atoms with E-state index in [1.54, 1.807) is 36.0 Å². The number of pyridine rings is 1. The Morgan fingerprint density at radius 2 is 1.71 bits per heavy atom. The first-order chi connectivity index (χ1) is 16.6. The minimum absolute atomic E-state index is 0.188. The van der Waals surface area contributed by atoms with Crippen molar-refractivity contribution in [3.05, 3.63) is 65.6 Å². The fourth-order valence-corrected chi connectivity index (χ4v) is 3.96. The Kier molecular flexibility index (Phi) is 5.34. The van der Waals surface area contributed by atoms with Gasteiger partial charge in [-0.25, -0.2) is 18.9 Å². The molecule has 5 rings (SSSR count). The SMILES string of the molecule is Cn1nc(N)c2c(-c3ccc(NC(=O)Nc4ccc(F)c(C(F)(F)F)c4)cc3)cc(C3CC3)nc21. The number of nitrogens with zero attached hydrogens (tertiary/aromatic N) is 3. The second-order valence-electron chi connectivity index (χ2n) is 8.43. The summed E-state index contributed by atoms with van der Waals surface area (Å²) in [5, 5.41) is 9.88. The van der Waals surface area contributed by atoms with Gasteiger partial charge in [-0.1, -0.05) is 12.1 Å². The van der Waals surface area contributed by atoms with Crippen molar-refractivity contribution in [3.63, 3.8) is 0 Å². The normalized spacial score (nSPS) is 13.7. The molecule has 1 saturated carbocycles. The van der Waals surface area contributed by atoms with Gasteiger partial charge in [0.15, 0.2) is 11.5 Å². The quantitative estimate of drug-likeness (QED) is 0.314. The van der Waals surface area contributed by atoms with Crippen molar-refractivity contribution in [2.75, 3.05) is 16.4 Å². The predicted molar refractivity (Wildman–Crippen MR) is 124 cm³/mol. The minimum Gasteiger partial charge on any atom is -0.382 e. The average Bonchev–Trinajstić information content (AvgIpc) is 3.60. The monoisotopic (exact) mass is 484 g/mol. The number of amides is 2. The van der Waals surface area contributed by atoms with E-state index < -0.39 is 23.6 Å². The van der Waals surface area contributed by atoms with Crippen LogP contribution in [0.5, 0.6) is 0 Å². The van der Waals surface area contributed by atoms with Crippen molar-refractivity contribution in [1.29, 1.82) is 0 Å². The van der Waals surface area contributed by atoms with Crippen molar-refractivity contribution < 1.29 is 22.4 Å². The van der Waals surface area contributed by atoms with E-state index in [0.717, 1.165) is 41.1 Å². The van der Waals surface area contributed by atoms with Crippen LogP contribution in [0.1, 0.15) is 30.0 Å². The van der Waals surface area contributed by atoms with Crippen molar-refractivity contribution >= 4 is 34.3 Å². The van der Waals surface area contributed by atoms with Crippen molar-refractivity contribution in [2.24, 2.45) is 7.05 Å². The lowest BCUT2D eigenvalue weighted by molar-refractivity contribution is -0.139. The highest BCUT2D eigenvalue weighted by atomic mass is 19.4. The van der Waals surface area contributed by atoms with Crippen LogP contribution in [0, 0.1) is 5.82 Å². The lowest BCUT2D eigenvalue weighted by Gasteiger charge is -2.12. The highest BCUT2D eigenvalue weighted by Gasteiger charge is 2.34. The maximum absolute atomic E-state index is 13.5. The molecule has 0 aliphatic heterocycles. The molecule has 4 N–H and O–H groups in total. The fourth-order valence-electron chi connectivity index (χ4n) is 3.96. The zero-order chi connectivity index (χ0) is 24.9. The third-order valence-electron chi connectivity index (χ3n) is 5.82. The zero-order valence-corrected chi connectivity index (χ0v) is 18.4. The van der Waals surface area contributed by atoms with Gasteiger partial charge < -0.3 is 16.4 Å². The Hall–Kier alpha value is -4.15. The highest BCUT2D eigenvalue weighted by molar-refractivity contribution is 6.02. The molecule has 7 nitrogen and oxygen atoms in total. The molecule has 2 amide bonds. The molecule has 0 radical (unpaired) electrons. The lowest BCUT2D eigenvalue weighted by atomic mass is 10.0. The van der Waals surface area contributed by atoms with E-state index in [9.17, 15) is 22.4 Å². The van der Waals surface area contributed by atoms with Crippen LogP contribution < -0.4 is 16.4 Å². The van der Waals surface area contributed by atoms with Crippen molar-refractivity contribution in [1.82, 2.24) is 14.8 Å². The molecule has 0 atom stereocenters. The van der Waals surface area contributed by atoms with Crippen LogP contribution in [-0.2, 0) is 13.2 Å².